The van der Waals surface area contributed by atoms with Gasteiger partial charge in [0.05, 0.1) is 29.5 Å². The summed E-state index contributed by atoms with van der Waals surface area (Å²) in [6.07, 6.45) is 6.29. The van der Waals surface area contributed by atoms with Crippen LogP contribution in [0, 0.1) is 40.2 Å². The number of nitrogens with zero attached hydrogens (tertiary/aromatic N) is 8. The molecule has 13 heteroatoms. The lowest BCUT2D eigenvalue weighted by Crippen LogP contribution is -2.51. The fraction of sp³-hybridized carbons (Fsp3) is 0.364. The Hall–Kier alpha value is -5.14. The van der Waals surface area contributed by atoms with Gasteiger partial charge in [0.1, 0.15) is 29.4 Å². The number of ether oxygens (including phenoxy) is 1. The monoisotopic (exact) mass is 626 g/mol. The molecule has 10 nitrogen and oxygen atoms in total. The van der Waals surface area contributed by atoms with Crippen LogP contribution >= 0.6 is 0 Å². The van der Waals surface area contributed by atoms with E-state index in [2.05, 4.69) is 33.7 Å². The number of rotatable bonds is 6. The van der Waals surface area contributed by atoms with E-state index in [-0.39, 0.29) is 69.8 Å². The molecule has 5 heterocycles. The molecule has 0 saturated carbocycles. The van der Waals surface area contributed by atoms with Crippen molar-refractivity contribution in [2.45, 2.75) is 37.3 Å². The highest BCUT2D eigenvalue weighted by Crippen LogP contribution is 2.42. The van der Waals surface area contributed by atoms with Gasteiger partial charge in [-0.2, -0.15) is 20.5 Å². The predicted molar refractivity (Wildman–Crippen MR) is 163 cm³/mol. The van der Waals surface area contributed by atoms with Gasteiger partial charge in [0.15, 0.2) is 23.6 Å². The van der Waals surface area contributed by atoms with Crippen molar-refractivity contribution in [1.82, 2.24) is 24.8 Å². The standard InChI is InChI=1S/C33H29F3N8O2/c1-19-13-33(6-2-8-44(33)15-19)17-46-32-40-30-24(31(41-32)42-9-10-43(18-38)21(16-42)5-7-37)14-39-29(28(30)36)23-12-22(45)11-20-3-4-25(34)27(35)26(20)23/h3-4,11-12,14,21,45H,1-2,5-6,8-10,13,15-17H2. The van der Waals surface area contributed by atoms with E-state index in [1.54, 1.807) is 4.90 Å². The first-order valence-corrected chi connectivity index (χ1v) is 15.0. The summed E-state index contributed by atoms with van der Waals surface area (Å²) in [7, 11) is 0. The van der Waals surface area contributed by atoms with Crippen LogP contribution in [0.1, 0.15) is 25.7 Å². The van der Waals surface area contributed by atoms with Crippen LogP contribution < -0.4 is 9.64 Å². The SMILES string of the molecule is C=C1CN2CCCC2(COc2nc(N3CCN(C#N)C(CC#N)C3)c3cnc(-c4cc(O)cc5ccc(F)c(F)c45)c(F)c3n2)C1. The quantitative estimate of drug-likeness (QED) is 0.230. The first-order valence-electron chi connectivity index (χ1n) is 15.0. The van der Waals surface area contributed by atoms with Gasteiger partial charge in [-0.05, 0) is 49.4 Å². The molecule has 3 saturated heterocycles. The molecular formula is C33H29F3N8O2. The summed E-state index contributed by atoms with van der Waals surface area (Å²) in [5, 5.41) is 29.6. The van der Waals surface area contributed by atoms with Crippen molar-refractivity contribution in [1.29, 1.82) is 10.5 Å². The minimum absolute atomic E-state index is 0.0742. The van der Waals surface area contributed by atoms with E-state index in [0.717, 1.165) is 50.1 Å². The molecule has 2 aromatic heterocycles. The lowest BCUT2D eigenvalue weighted by atomic mass is 9.94. The molecule has 0 radical (unpaired) electrons. The molecule has 0 amide bonds. The van der Waals surface area contributed by atoms with E-state index in [1.165, 1.54) is 18.3 Å². The number of piperazine rings is 1. The number of benzene rings is 2. The number of hydrogen-bond acceptors (Lipinski definition) is 10. The van der Waals surface area contributed by atoms with Crippen LogP contribution in [0.3, 0.4) is 0 Å². The first-order chi connectivity index (χ1) is 22.2. The molecular weight excluding hydrogens is 597 g/mol. The van der Waals surface area contributed by atoms with E-state index >= 15 is 8.78 Å². The van der Waals surface area contributed by atoms with Gasteiger partial charge in [0.25, 0.3) is 0 Å². The van der Waals surface area contributed by atoms with Gasteiger partial charge in [-0.15, -0.1) is 0 Å². The van der Waals surface area contributed by atoms with E-state index in [0.29, 0.717) is 18.9 Å². The number of aromatic hydroxyl groups is 1. The molecule has 2 atom stereocenters. The molecule has 2 aromatic carbocycles. The van der Waals surface area contributed by atoms with E-state index in [1.807, 2.05) is 4.90 Å². The van der Waals surface area contributed by atoms with Crippen molar-refractivity contribution < 1.29 is 23.0 Å². The van der Waals surface area contributed by atoms with Crippen LogP contribution in [0.2, 0.25) is 0 Å². The lowest BCUT2D eigenvalue weighted by Gasteiger charge is -2.38. The zero-order valence-electron chi connectivity index (χ0n) is 24.8. The molecule has 3 fully saturated rings. The predicted octanol–water partition coefficient (Wildman–Crippen LogP) is 5.03. The summed E-state index contributed by atoms with van der Waals surface area (Å²) in [5.74, 6) is -3.22. The third-order valence-electron chi connectivity index (χ3n) is 9.33. The van der Waals surface area contributed by atoms with E-state index < -0.39 is 23.5 Å². The van der Waals surface area contributed by atoms with Crippen molar-refractivity contribution in [2.75, 3.05) is 44.2 Å². The summed E-state index contributed by atoms with van der Waals surface area (Å²) in [6.45, 7) is 7.07. The molecule has 3 aliphatic heterocycles. The van der Waals surface area contributed by atoms with Crippen LogP contribution in [0.4, 0.5) is 19.0 Å². The summed E-state index contributed by atoms with van der Waals surface area (Å²) < 4.78 is 52.3. The smallest absolute Gasteiger partial charge is 0.319 e. The Kier molecular flexibility index (Phi) is 7.29. The zero-order chi connectivity index (χ0) is 32.2. The summed E-state index contributed by atoms with van der Waals surface area (Å²) in [4.78, 5) is 19.2. The average molecular weight is 627 g/mol. The van der Waals surface area contributed by atoms with Gasteiger partial charge in [-0.25, -0.2) is 13.2 Å². The third-order valence-corrected chi connectivity index (χ3v) is 9.33. The minimum atomic E-state index is -1.20. The first kappa shape index (κ1) is 29.6. The highest BCUT2D eigenvalue weighted by molar-refractivity contribution is 6.00. The number of nitriles is 2. The van der Waals surface area contributed by atoms with Gasteiger partial charge < -0.3 is 19.6 Å². The fourth-order valence-electron chi connectivity index (χ4n) is 7.19. The number of pyridine rings is 1. The number of phenols is 1. The number of anilines is 1. The Labute approximate surface area is 262 Å². The van der Waals surface area contributed by atoms with Gasteiger partial charge in [0.2, 0.25) is 0 Å². The summed E-state index contributed by atoms with van der Waals surface area (Å²) in [6, 6.07) is 6.26. The van der Waals surface area contributed by atoms with Crippen molar-refractivity contribution in [3.63, 3.8) is 0 Å². The number of aromatic nitrogens is 3. The molecule has 0 spiro atoms. The van der Waals surface area contributed by atoms with Crippen LogP contribution in [-0.2, 0) is 0 Å². The number of phenolic OH excluding ortho intramolecular Hbond substituents is 1. The van der Waals surface area contributed by atoms with Gasteiger partial charge in [-0.3, -0.25) is 9.88 Å². The van der Waals surface area contributed by atoms with Crippen molar-refractivity contribution in [2.24, 2.45) is 0 Å². The second-order valence-corrected chi connectivity index (χ2v) is 12.2. The third kappa shape index (κ3) is 4.88. The molecule has 3 aliphatic rings. The van der Waals surface area contributed by atoms with Crippen LogP contribution in [-0.4, -0.2) is 80.8 Å². The minimum Gasteiger partial charge on any atom is -0.508 e. The maximum atomic E-state index is 16.7. The summed E-state index contributed by atoms with van der Waals surface area (Å²) in [5.41, 5.74) is 0.227. The molecule has 4 aromatic rings. The fourth-order valence-corrected chi connectivity index (χ4v) is 7.19. The average Bonchev–Trinajstić information content (AvgIpc) is 3.57. The van der Waals surface area contributed by atoms with Crippen molar-refractivity contribution in [3.05, 3.63) is 60.1 Å². The van der Waals surface area contributed by atoms with Crippen LogP contribution in [0.5, 0.6) is 11.8 Å². The molecule has 2 unspecified atom stereocenters. The lowest BCUT2D eigenvalue weighted by molar-refractivity contribution is 0.108. The Bertz CT molecular complexity index is 1990. The Morgan fingerprint density at radius 2 is 1.96 bits per heavy atom. The number of halogens is 3. The van der Waals surface area contributed by atoms with E-state index in [9.17, 15) is 20.0 Å². The Morgan fingerprint density at radius 3 is 2.76 bits per heavy atom. The van der Waals surface area contributed by atoms with Crippen molar-refractivity contribution in [3.8, 4) is 35.3 Å². The maximum absolute atomic E-state index is 16.7. The zero-order valence-corrected chi connectivity index (χ0v) is 24.8. The van der Waals surface area contributed by atoms with Gasteiger partial charge in [0, 0.05) is 43.3 Å². The molecule has 0 bridgehead atoms. The molecule has 1 N–H and O–H groups in total. The molecule has 234 valence electrons. The molecule has 46 heavy (non-hydrogen) atoms. The highest BCUT2D eigenvalue weighted by atomic mass is 19.2. The molecule has 0 aliphatic carbocycles. The second kappa shape index (κ2) is 11.3. The normalized spacial score (nSPS) is 21.5. The summed E-state index contributed by atoms with van der Waals surface area (Å²) >= 11 is 0. The second-order valence-electron chi connectivity index (χ2n) is 12.2. The van der Waals surface area contributed by atoms with Gasteiger partial charge in [-0.1, -0.05) is 18.2 Å². The highest BCUT2D eigenvalue weighted by Gasteiger charge is 2.46. The number of fused-ring (bicyclic) bond motifs is 3. The Balaban J connectivity index is 1.37. The maximum Gasteiger partial charge on any atom is 0.319 e. The molecule has 7 rings (SSSR count). The van der Waals surface area contributed by atoms with Crippen LogP contribution in [0.25, 0.3) is 32.9 Å². The van der Waals surface area contributed by atoms with Crippen molar-refractivity contribution >= 4 is 27.5 Å². The van der Waals surface area contributed by atoms with Crippen LogP contribution in [0.15, 0.2) is 42.6 Å². The largest absolute Gasteiger partial charge is 0.508 e. The van der Waals surface area contributed by atoms with Gasteiger partial charge >= 0.3 is 6.01 Å². The van der Waals surface area contributed by atoms with E-state index in [4.69, 9.17) is 9.72 Å². The number of hydrogen-bond donors (Lipinski definition) is 1. The topological polar surface area (TPSA) is 125 Å². The Morgan fingerprint density at radius 1 is 1.11 bits per heavy atom.